The molecule has 0 saturated carbocycles. The van der Waals surface area contributed by atoms with Crippen molar-refractivity contribution in [2.24, 2.45) is 0 Å². The molecule has 2 heterocycles. The molecular formula is C13H16IN3O6. The molecule has 0 aromatic carbocycles. The molecule has 0 spiro atoms. The first-order chi connectivity index (χ1) is 10.8. The molecule has 1 aromatic heterocycles. The highest BCUT2D eigenvalue weighted by Gasteiger charge is 2.39. The Bertz CT molecular complexity index is 727. The van der Waals surface area contributed by atoms with Crippen molar-refractivity contribution in [1.29, 1.82) is 0 Å². The number of rotatable bonds is 4. The van der Waals surface area contributed by atoms with Crippen molar-refractivity contribution in [3.8, 4) is 0 Å². The molecule has 1 aliphatic heterocycles. The Labute approximate surface area is 144 Å². The predicted molar refractivity (Wildman–Crippen MR) is 86.8 cm³/mol. The summed E-state index contributed by atoms with van der Waals surface area (Å²) in [5, 5.41) is 2.60. The summed E-state index contributed by atoms with van der Waals surface area (Å²) in [6, 6.07) is 0. The summed E-state index contributed by atoms with van der Waals surface area (Å²) < 4.78 is 12.5. The van der Waals surface area contributed by atoms with Crippen molar-refractivity contribution in [1.82, 2.24) is 14.9 Å². The Morgan fingerprint density at radius 2 is 2.17 bits per heavy atom. The summed E-state index contributed by atoms with van der Waals surface area (Å²) in [4.78, 5) is 47.8. The monoisotopic (exact) mass is 437 g/mol. The zero-order chi connectivity index (χ0) is 17.1. The maximum atomic E-state index is 11.9. The van der Waals surface area contributed by atoms with Gasteiger partial charge in [-0.05, 0) is 22.6 Å². The SMILES string of the molecule is CC(=O)NC[C@H]1O[C@@H](n2cc(I)c(=O)[nH]c2=O)C[C@@H]1OC(C)=O. The van der Waals surface area contributed by atoms with Gasteiger partial charge in [-0.1, -0.05) is 0 Å². The van der Waals surface area contributed by atoms with Gasteiger partial charge in [0.1, 0.15) is 18.4 Å². The lowest BCUT2D eigenvalue weighted by Crippen LogP contribution is -2.38. The van der Waals surface area contributed by atoms with Crippen LogP contribution in [0.5, 0.6) is 0 Å². The highest BCUT2D eigenvalue weighted by molar-refractivity contribution is 14.1. The Hall–Kier alpha value is -1.69. The number of esters is 1. The number of H-pyrrole nitrogens is 1. The largest absolute Gasteiger partial charge is 0.460 e. The average Bonchev–Trinajstić information content (AvgIpc) is 2.82. The van der Waals surface area contributed by atoms with E-state index in [2.05, 4.69) is 10.3 Å². The van der Waals surface area contributed by atoms with Crippen LogP contribution in [0.1, 0.15) is 26.5 Å². The topological polar surface area (TPSA) is 119 Å². The molecule has 1 saturated heterocycles. The van der Waals surface area contributed by atoms with Gasteiger partial charge in [0.2, 0.25) is 5.91 Å². The van der Waals surface area contributed by atoms with Gasteiger partial charge in [-0.25, -0.2) is 4.79 Å². The lowest BCUT2D eigenvalue weighted by molar-refractivity contribution is -0.149. The summed E-state index contributed by atoms with van der Waals surface area (Å²) >= 11 is 1.81. The highest BCUT2D eigenvalue weighted by atomic mass is 127. The van der Waals surface area contributed by atoms with E-state index in [4.69, 9.17) is 9.47 Å². The number of nitrogens with zero attached hydrogens (tertiary/aromatic N) is 1. The average molecular weight is 437 g/mol. The van der Waals surface area contributed by atoms with E-state index in [0.29, 0.717) is 3.57 Å². The number of carbonyl (C=O) groups excluding carboxylic acids is 2. The van der Waals surface area contributed by atoms with Gasteiger partial charge in [-0.2, -0.15) is 0 Å². The summed E-state index contributed by atoms with van der Waals surface area (Å²) in [6.45, 7) is 2.79. The van der Waals surface area contributed by atoms with Crippen LogP contribution in [0.2, 0.25) is 0 Å². The number of hydrogen-bond donors (Lipinski definition) is 2. The Balaban J connectivity index is 2.23. The van der Waals surface area contributed by atoms with Gasteiger partial charge >= 0.3 is 11.7 Å². The van der Waals surface area contributed by atoms with E-state index in [1.54, 1.807) is 0 Å². The van der Waals surface area contributed by atoms with Crippen LogP contribution in [0.25, 0.3) is 0 Å². The van der Waals surface area contributed by atoms with Crippen molar-refractivity contribution in [2.45, 2.75) is 38.7 Å². The maximum absolute atomic E-state index is 11.9. The first-order valence-corrected chi connectivity index (χ1v) is 7.94. The predicted octanol–water partition coefficient (Wildman–Crippen LogP) is -0.504. The molecule has 126 valence electrons. The van der Waals surface area contributed by atoms with Crippen LogP contribution >= 0.6 is 22.6 Å². The van der Waals surface area contributed by atoms with E-state index in [1.807, 2.05) is 22.6 Å². The molecule has 3 atom stereocenters. The Morgan fingerprint density at radius 1 is 1.48 bits per heavy atom. The second-order valence-electron chi connectivity index (χ2n) is 5.09. The second-order valence-corrected chi connectivity index (χ2v) is 6.26. The first-order valence-electron chi connectivity index (χ1n) is 6.86. The normalized spacial score (nSPS) is 23.5. The molecule has 2 rings (SSSR count). The molecule has 0 unspecified atom stereocenters. The van der Waals surface area contributed by atoms with E-state index in [0.717, 1.165) is 0 Å². The van der Waals surface area contributed by atoms with Gasteiger partial charge in [0.05, 0.1) is 3.57 Å². The van der Waals surface area contributed by atoms with Crippen LogP contribution in [0, 0.1) is 3.57 Å². The van der Waals surface area contributed by atoms with Crippen LogP contribution in [-0.2, 0) is 19.1 Å². The van der Waals surface area contributed by atoms with Gasteiger partial charge in [-0.15, -0.1) is 0 Å². The van der Waals surface area contributed by atoms with Gasteiger partial charge in [0.15, 0.2) is 0 Å². The minimum absolute atomic E-state index is 0.152. The number of ether oxygens (including phenoxy) is 2. The number of nitrogens with one attached hydrogen (secondary N) is 2. The van der Waals surface area contributed by atoms with Gasteiger partial charge < -0.3 is 14.8 Å². The fraction of sp³-hybridized carbons (Fsp3) is 0.538. The number of aromatic amines is 1. The van der Waals surface area contributed by atoms with E-state index in [1.165, 1.54) is 24.6 Å². The van der Waals surface area contributed by atoms with E-state index in [9.17, 15) is 19.2 Å². The third kappa shape index (κ3) is 4.41. The molecule has 1 aromatic rings. The zero-order valence-corrected chi connectivity index (χ0v) is 14.7. The minimum atomic E-state index is -0.698. The Morgan fingerprint density at radius 3 is 2.78 bits per heavy atom. The van der Waals surface area contributed by atoms with Crippen LogP contribution in [0.15, 0.2) is 15.8 Å². The smallest absolute Gasteiger partial charge is 0.330 e. The molecule has 0 aliphatic carbocycles. The lowest BCUT2D eigenvalue weighted by Gasteiger charge is -2.18. The molecule has 9 nitrogen and oxygen atoms in total. The number of hydrogen-bond acceptors (Lipinski definition) is 6. The lowest BCUT2D eigenvalue weighted by atomic mass is 10.1. The van der Waals surface area contributed by atoms with Crippen molar-refractivity contribution < 1.29 is 19.1 Å². The van der Waals surface area contributed by atoms with Crippen LogP contribution < -0.4 is 16.6 Å². The highest BCUT2D eigenvalue weighted by Crippen LogP contribution is 2.29. The molecule has 1 aliphatic rings. The molecule has 0 bridgehead atoms. The van der Waals surface area contributed by atoms with Crippen LogP contribution in [0.3, 0.4) is 0 Å². The molecule has 2 N–H and O–H groups in total. The quantitative estimate of drug-likeness (QED) is 0.484. The second kappa shape index (κ2) is 7.25. The van der Waals surface area contributed by atoms with Crippen molar-refractivity contribution in [3.63, 3.8) is 0 Å². The van der Waals surface area contributed by atoms with E-state index >= 15 is 0 Å². The Kier molecular flexibility index (Phi) is 5.57. The molecule has 10 heteroatoms. The standard InChI is InChI=1S/C13H16IN3O6/c1-6(18)15-4-10-9(22-7(2)19)3-11(23-10)17-5-8(14)12(20)16-13(17)21/h5,9-11H,3-4H2,1-2H3,(H,15,18)(H,16,20,21)/t9-,10+,11+/m0/s1. The van der Waals surface area contributed by atoms with Gasteiger partial charge in [-0.3, -0.25) is 23.9 Å². The molecule has 1 fully saturated rings. The van der Waals surface area contributed by atoms with Gasteiger partial charge in [0, 0.05) is 33.0 Å². The maximum Gasteiger partial charge on any atom is 0.330 e. The van der Waals surface area contributed by atoms with E-state index < -0.39 is 35.7 Å². The van der Waals surface area contributed by atoms with Gasteiger partial charge in [0.25, 0.3) is 5.56 Å². The third-order valence-corrected chi connectivity index (χ3v) is 4.05. The summed E-state index contributed by atoms with van der Waals surface area (Å²) in [6.07, 6.45) is -0.245. The minimum Gasteiger partial charge on any atom is -0.460 e. The fourth-order valence-corrected chi connectivity index (χ4v) is 2.75. The molecule has 1 amide bonds. The van der Waals surface area contributed by atoms with Crippen molar-refractivity contribution >= 4 is 34.5 Å². The van der Waals surface area contributed by atoms with Crippen molar-refractivity contribution in [3.05, 3.63) is 30.6 Å². The number of aromatic nitrogens is 2. The number of amides is 1. The number of halogens is 1. The molecular weight excluding hydrogens is 421 g/mol. The van der Waals surface area contributed by atoms with Crippen molar-refractivity contribution in [2.75, 3.05) is 6.54 Å². The number of carbonyl (C=O) groups is 2. The van der Waals surface area contributed by atoms with E-state index in [-0.39, 0.29) is 18.9 Å². The zero-order valence-electron chi connectivity index (χ0n) is 12.5. The fourth-order valence-electron chi connectivity index (χ4n) is 2.31. The first kappa shape index (κ1) is 17.7. The molecule has 0 radical (unpaired) electrons. The summed E-state index contributed by atoms with van der Waals surface area (Å²) in [5.41, 5.74) is -1.08. The third-order valence-electron chi connectivity index (χ3n) is 3.28. The van der Waals surface area contributed by atoms with Crippen LogP contribution in [0.4, 0.5) is 0 Å². The summed E-state index contributed by atoms with van der Waals surface area (Å²) in [5.74, 6) is -0.718. The molecule has 23 heavy (non-hydrogen) atoms. The summed E-state index contributed by atoms with van der Waals surface area (Å²) in [7, 11) is 0. The van der Waals surface area contributed by atoms with Crippen LogP contribution in [-0.4, -0.2) is 40.2 Å².